The van der Waals surface area contributed by atoms with Crippen molar-refractivity contribution in [1.82, 2.24) is 5.32 Å². The van der Waals surface area contributed by atoms with Crippen molar-refractivity contribution in [1.29, 1.82) is 5.26 Å². The van der Waals surface area contributed by atoms with E-state index < -0.39 is 17.6 Å². The number of anilines is 2. The number of carbonyl (C=O) groups is 1. The molecule has 1 aliphatic rings. The number of carbonyl (C=O) groups excluding carboxylic acids is 1. The normalized spacial score (nSPS) is 16.4. The van der Waals surface area contributed by atoms with E-state index in [0.29, 0.717) is 0 Å². The minimum absolute atomic E-state index is 0.0177. The fourth-order valence-corrected chi connectivity index (χ4v) is 2.80. The van der Waals surface area contributed by atoms with E-state index in [4.69, 9.17) is 11.0 Å². The fraction of sp³-hybridized carbons (Fsp3) is 0.455. The number of nitrogens with one attached hydrogen (secondary N) is 2. The van der Waals surface area contributed by atoms with Crippen LogP contribution in [-0.4, -0.2) is 24.7 Å². The molecule has 0 bridgehead atoms. The molecule has 0 aliphatic heterocycles. The maximum absolute atomic E-state index is 12.9. The van der Waals surface area contributed by atoms with E-state index in [1.165, 1.54) is 7.05 Å². The lowest BCUT2D eigenvalue weighted by Gasteiger charge is -2.21. The molecule has 1 fully saturated rings. The largest absolute Gasteiger partial charge is 0.411 e. The molecule has 9 heteroatoms. The molecule has 0 aromatic carbocycles. The standard InChI is InChI=1S/C11H11F3N4OS/c1-17-8(19)6-7(16)5(4-15)20-9(6)18-10(2-3-10)11(12,13)14/h18H,2-3,16H2,1H3,(H,17,19). The summed E-state index contributed by atoms with van der Waals surface area (Å²) in [6, 6.07) is 1.77. The lowest BCUT2D eigenvalue weighted by molar-refractivity contribution is -0.151. The summed E-state index contributed by atoms with van der Waals surface area (Å²) in [4.78, 5) is 11.7. The molecule has 5 nitrogen and oxygen atoms in total. The Morgan fingerprint density at radius 3 is 2.50 bits per heavy atom. The fourth-order valence-electron chi connectivity index (χ4n) is 1.79. The summed E-state index contributed by atoms with van der Waals surface area (Å²) in [5.41, 5.74) is 3.42. The number of nitrogens with zero attached hydrogens (tertiary/aromatic N) is 1. The molecule has 4 N–H and O–H groups in total. The van der Waals surface area contributed by atoms with Gasteiger partial charge in [0.2, 0.25) is 0 Å². The van der Waals surface area contributed by atoms with E-state index in [2.05, 4.69) is 10.6 Å². The van der Waals surface area contributed by atoms with Gasteiger partial charge >= 0.3 is 6.18 Å². The Labute approximate surface area is 116 Å². The molecule has 1 aliphatic carbocycles. The Balaban J connectivity index is 2.43. The van der Waals surface area contributed by atoms with E-state index in [9.17, 15) is 18.0 Å². The summed E-state index contributed by atoms with van der Waals surface area (Å²) in [6.45, 7) is 0. The SMILES string of the molecule is CNC(=O)c1c(NC2(C(F)(F)F)CC2)sc(C#N)c1N. The highest BCUT2D eigenvalue weighted by Crippen LogP contribution is 2.53. The molecule has 108 valence electrons. The predicted octanol–water partition coefficient (Wildman–Crippen LogP) is 2.07. The van der Waals surface area contributed by atoms with Gasteiger partial charge in [0.15, 0.2) is 0 Å². The highest BCUT2D eigenvalue weighted by molar-refractivity contribution is 7.17. The molecule has 0 saturated heterocycles. The van der Waals surface area contributed by atoms with Crippen LogP contribution in [0.5, 0.6) is 0 Å². The minimum Gasteiger partial charge on any atom is -0.396 e. The van der Waals surface area contributed by atoms with E-state index in [1.54, 1.807) is 6.07 Å². The number of hydrogen-bond donors (Lipinski definition) is 3. The van der Waals surface area contributed by atoms with Gasteiger partial charge in [-0.05, 0) is 12.8 Å². The molecule has 0 atom stereocenters. The third-order valence-corrected chi connectivity index (χ3v) is 4.17. The first-order valence-corrected chi connectivity index (χ1v) is 6.47. The average Bonchev–Trinajstić information content (AvgIpc) is 3.09. The number of halogens is 3. The topological polar surface area (TPSA) is 90.9 Å². The summed E-state index contributed by atoms with van der Waals surface area (Å²) in [7, 11) is 1.34. The van der Waals surface area contributed by atoms with Crippen molar-refractivity contribution in [2.24, 2.45) is 0 Å². The monoisotopic (exact) mass is 304 g/mol. The smallest absolute Gasteiger partial charge is 0.396 e. The number of alkyl halides is 3. The summed E-state index contributed by atoms with van der Waals surface area (Å²) in [5.74, 6) is -0.624. The van der Waals surface area contributed by atoms with Crippen molar-refractivity contribution in [3.05, 3.63) is 10.4 Å². The van der Waals surface area contributed by atoms with E-state index in [1.807, 2.05) is 0 Å². The highest BCUT2D eigenvalue weighted by atomic mass is 32.1. The van der Waals surface area contributed by atoms with Crippen LogP contribution in [0.4, 0.5) is 23.9 Å². The molecule has 1 amide bonds. The first-order chi connectivity index (χ1) is 9.25. The maximum atomic E-state index is 12.9. The van der Waals surface area contributed by atoms with Gasteiger partial charge in [0, 0.05) is 7.05 Å². The van der Waals surface area contributed by atoms with Gasteiger partial charge in [-0.1, -0.05) is 0 Å². The third-order valence-electron chi connectivity index (χ3n) is 3.15. The second-order valence-corrected chi connectivity index (χ2v) is 5.47. The Kier molecular flexibility index (Phi) is 3.29. The highest BCUT2D eigenvalue weighted by Gasteiger charge is 2.64. The zero-order chi connectivity index (χ0) is 15.1. The van der Waals surface area contributed by atoms with Crippen molar-refractivity contribution in [2.45, 2.75) is 24.6 Å². The molecule has 1 aromatic heterocycles. The van der Waals surface area contributed by atoms with Crippen molar-refractivity contribution in [3.63, 3.8) is 0 Å². The maximum Gasteiger partial charge on any atom is 0.411 e. The predicted molar refractivity (Wildman–Crippen MR) is 68.5 cm³/mol. The van der Waals surface area contributed by atoms with Crippen LogP contribution < -0.4 is 16.4 Å². The van der Waals surface area contributed by atoms with E-state index in [-0.39, 0.29) is 34.0 Å². The van der Waals surface area contributed by atoms with Crippen molar-refractivity contribution in [2.75, 3.05) is 18.1 Å². The van der Waals surface area contributed by atoms with Crippen LogP contribution in [0, 0.1) is 11.3 Å². The first kappa shape index (κ1) is 14.5. The van der Waals surface area contributed by atoms with Gasteiger partial charge in [-0.2, -0.15) is 18.4 Å². The quantitative estimate of drug-likeness (QED) is 0.797. The Bertz CT molecular complexity index is 598. The number of amides is 1. The zero-order valence-electron chi connectivity index (χ0n) is 10.4. The summed E-state index contributed by atoms with van der Waals surface area (Å²) in [5, 5.41) is 13.5. The lowest BCUT2D eigenvalue weighted by atomic mass is 10.2. The molecule has 1 saturated carbocycles. The van der Waals surface area contributed by atoms with Crippen LogP contribution in [-0.2, 0) is 0 Å². The summed E-state index contributed by atoms with van der Waals surface area (Å²) >= 11 is 0.755. The number of nitriles is 1. The zero-order valence-corrected chi connectivity index (χ0v) is 11.2. The van der Waals surface area contributed by atoms with E-state index in [0.717, 1.165) is 11.3 Å². The summed E-state index contributed by atoms with van der Waals surface area (Å²) in [6.07, 6.45) is -4.55. The van der Waals surface area contributed by atoms with Gasteiger partial charge in [0.25, 0.3) is 5.91 Å². The van der Waals surface area contributed by atoms with Crippen LogP contribution in [0.25, 0.3) is 0 Å². The molecule has 1 heterocycles. The van der Waals surface area contributed by atoms with Gasteiger partial charge in [0.1, 0.15) is 21.5 Å². The molecule has 0 radical (unpaired) electrons. The molecule has 2 rings (SSSR count). The van der Waals surface area contributed by atoms with Crippen LogP contribution in [0.3, 0.4) is 0 Å². The molecular weight excluding hydrogens is 293 g/mol. The van der Waals surface area contributed by atoms with Gasteiger partial charge < -0.3 is 16.4 Å². The molecule has 1 aromatic rings. The van der Waals surface area contributed by atoms with Gasteiger partial charge in [-0.15, -0.1) is 11.3 Å². The van der Waals surface area contributed by atoms with Crippen molar-refractivity contribution < 1.29 is 18.0 Å². The van der Waals surface area contributed by atoms with Crippen LogP contribution in [0.15, 0.2) is 0 Å². The second kappa shape index (κ2) is 4.56. The Hall–Kier alpha value is -1.95. The molecule has 20 heavy (non-hydrogen) atoms. The van der Waals surface area contributed by atoms with Crippen molar-refractivity contribution >= 4 is 27.9 Å². The Morgan fingerprint density at radius 2 is 2.10 bits per heavy atom. The number of thiophene rings is 1. The van der Waals surface area contributed by atoms with Crippen LogP contribution >= 0.6 is 11.3 Å². The Morgan fingerprint density at radius 1 is 1.50 bits per heavy atom. The van der Waals surface area contributed by atoms with Gasteiger partial charge in [-0.25, -0.2) is 0 Å². The third kappa shape index (κ3) is 2.16. The second-order valence-electron chi connectivity index (χ2n) is 4.44. The van der Waals surface area contributed by atoms with Crippen LogP contribution in [0.2, 0.25) is 0 Å². The van der Waals surface area contributed by atoms with Crippen molar-refractivity contribution in [3.8, 4) is 6.07 Å². The number of nitrogen functional groups attached to an aromatic ring is 1. The number of rotatable bonds is 3. The van der Waals surface area contributed by atoms with Crippen LogP contribution in [0.1, 0.15) is 28.1 Å². The number of hydrogen-bond acceptors (Lipinski definition) is 5. The molecule has 0 unspecified atom stereocenters. The summed E-state index contributed by atoms with van der Waals surface area (Å²) < 4.78 is 38.8. The molecule has 0 spiro atoms. The van der Waals surface area contributed by atoms with Gasteiger partial charge in [0.05, 0.1) is 11.3 Å². The average molecular weight is 304 g/mol. The van der Waals surface area contributed by atoms with Gasteiger partial charge in [-0.3, -0.25) is 4.79 Å². The lowest BCUT2D eigenvalue weighted by Crippen LogP contribution is -2.39. The molecular formula is C11H11F3N4OS. The van der Waals surface area contributed by atoms with E-state index >= 15 is 0 Å². The number of nitrogens with two attached hydrogens (primary N) is 1. The first-order valence-electron chi connectivity index (χ1n) is 5.65. The minimum atomic E-state index is -4.42.